The number of carbonyl (C=O) groups is 1. The maximum Gasteiger partial charge on any atom is 0.253 e. The van der Waals surface area contributed by atoms with Gasteiger partial charge in [-0.15, -0.1) is 0 Å². The van der Waals surface area contributed by atoms with Gasteiger partial charge in [0.1, 0.15) is 6.10 Å². The highest BCUT2D eigenvalue weighted by atomic mass is 35.5. The summed E-state index contributed by atoms with van der Waals surface area (Å²) in [6.07, 6.45) is 3.87. The first-order valence-electron chi connectivity index (χ1n) is 8.47. The summed E-state index contributed by atoms with van der Waals surface area (Å²) in [6.45, 7) is 3.06. The van der Waals surface area contributed by atoms with Gasteiger partial charge >= 0.3 is 0 Å². The van der Waals surface area contributed by atoms with Crippen molar-refractivity contribution in [2.75, 3.05) is 26.2 Å². The van der Waals surface area contributed by atoms with Crippen molar-refractivity contribution in [2.45, 2.75) is 19.1 Å². The number of pyridine rings is 1. The maximum atomic E-state index is 12.9. The zero-order valence-electron chi connectivity index (χ0n) is 14.0. The van der Waals surface area contributed by atoms with Gasteiger partial charge in [0.25, 0.3) is 5.91 Å². The minimum Gasteiger partial charge on any atom is -0.366 e. The van der Waals surface area contributed by atoms with Gasteiger partial charge in [0.15, 0.2) is 0 Å². The zero-order chi connectivity index (χ0) is 17.5. The molecule has 1 aromatic heterocycles. The Morgan fingerprint density at radius 2 is 2.12 bits per heavy atom. The fourth-order valence-corrected chi connectivity index (χ4v) is 2.95. The topological polar surface area (TPSA) is 54.5 Å². The summed E-state index contributed by atoms with van der Waals surface area (Å²) >= 11 is 5.94. The van der Waals surface area contributed by atoms with Crippen molar-refractivity contribution in [1.82, 2.24) is 15.2 Å². The Bertz CT molecular complexity index is 673. The molecule has 1 amide bonds. The van der Waals surface area contributed by atoms with Crippen LogP contribution >= 0.6 is 11.6 Å². The van der Waals surface area contributed by atoms with Gasteiger partial charge in [-0.2, -0.15) is 0 Å². The van der Waals surface area contributed by atoms with Gasteiger partial charge in [0.05, 0.1) is 6.61 Å². The second-order valence-electron chi connectivity index (χ2n) is 6.06. The second-order valence-corrected chi connectivity index (χ2v) is 6.50. The van der Waals surface area contributed by atoms with Gasteiger partial charge in [-0.1, -0.05) is 29.8 Å². The minimum absolute atomic E-state index is 0.0185. The Morgan fingerprint density at radius 1 is 1.28 bits per heavy atom. The molecule has 0 aliphatic carbocycles. The van der Waals surface area contributed by atoms with Gasteiger partial charge < -0.3 is 15.0 Å². The number of amides is 1. The number of morpholine rings is 1. The van der Waals surface area contributed by atoms with Crippen LogP contribution in [0, 0.1) is 0 Å². The van der Waals surface area contributed by atoms with E-state index in [0.717, 1.165) is 24.1 Å². The van der Waals surface area contributed by atoms with E-state index in [4.69, 9.17) is 16.3 Å². The lowest BCUT2D eigenvalue weighted by Crippen LogP contribution is -2.49. The third kappa shape index (κ3) is 5.26. The molecule has 25 heavy (non-hydrogen) atoms. The molecule has 0 bridgehead atoms. The molecule has 1 atom stereocenters. The molecule has 2 aromatic rings. The molecule has 0 spiro atoms. The van der Waals surface area contributed by atoms with E-state index in [1.165, 1.54) is 0 Å². The van der Waals surface area contributed by atoms with Crippen molar-refractivity contribution in [3.8, 4) is 0 Å². The van der Waals surface area contributed by atoms with Gasteiger partial charge in [-0.3, -0.25) is 9.78 Å². The summed E-state index contributed by atoms with van der Waals surface area (Å²) in [5.41, 5.74) is 2.16. The van der Waals surface area contributed by atoms with Crippen molar-refractivity contribution in [1.29, 1.82) is 0 Å². The number of hydrogen-bond donors (Lipinski definition) is 1. The highest BCUT2D eigenvalue weighted by Crippen LogP contribution is 2.13. The molecule has 1 aromatic carbocycles. The molecule has 1 fully saturated rings. The molecule has 3 rings (SSSR count). The summed E-state index contributed by atoms with van der Waals surface area (Å²) in [6, 6.07) is 11.6. The lowest BCUT2D eigenvalue weighted by Gasteiger charge is -2.30. The first kappa shape index (κ1) is 17.9. The van der Waals surface area contributed by atoms with Crippen LogP contribution in [0.4, 0.5) is 0 Å². The monoisotopic (exact) mass is 359 g/mol. The predicted molar refractivity (Wildman–Crippen MR) is 97.4 cm³/mol. The fraction of sp³-hybridized carbons (Fsp3) is 0.368. The Hall–Kier alpha value is -1.95. The highest BCUT2D eigenvalue weighted by Gasteiger charge is 2.26. The first-order valence-corrected chi connectivity index (χ1v) is 8.84. The van der Waals surface area contributed by atoms with Gasteiger partial charge in [0, 0.05) is 43.6 Å². The molecule has 0 radical (unpaired) electrons. The Labute approximate surface area is 153 Å². The molecule has 6 heteroatoms. The normalized spacial score (nSPS) is 17.2. The molecular formula is C19H22ClN3O2. The van der Waals surface area contributed by atoms with Gasteiger partial charge in [0.2, 0.25) is 0 Å². The summed E-state index contributed by atoms with van der Waals surface area (Å²) < 4.78 is 5.64. The van der Waals surface area contributed by atoms with Crippen LogP contribution in [0.15, 0.2) is 48.8 Å². The van der Waals surface area contributed by atoms with Gasteiger partial charge in [-0.25, -0.2) is 0 Å². The zero-order valence-corrected chi connectivity index (χ0v) is 14.8. The van der Waals surface area contributed by atoms with Crippen LogP contribution in [-0.2, 0) is 22.5 Å². The molecule has 1 unspecified atom stereocenters. The van der Waals surface area contributed by atoms with E-state index in [9.17, 15) is 4.79 Å². The van der Waals surface area contributed by atoms with Gasteiger partial charge in [-0.05, 0) is 35.7 Å². The second kappa shape index (κ2) is 8.94. The van der Waals surface area contributed by atoms with Crippen LogP contribution in [0.25, 0.3) is 0 Å². The van der Waals surface area contributed by atoms with Crippen LogP contribution in [0.3, 0.4) is 0 Å². The minimum atomic E-state index is -0.421. The number of nitrogens with one attached hydrogen (secondary N) is 1. The van der Waals surface area contributed by atoms with Crippen LogP contribution in [0.2, 0.25) is 5.02 Å². The standard InChI is InChI=1S/C19H22ClN3O2/c20-17-5-3-15(4-6-17)7-10-23(14-16-2-1-8-21-12-16)19(24)18-13-22-9-11-25-18/h1-6,8,12,18,22H,7,9-11,13-14H2. The smallest absolute Gasteiger partial charge is 0.253 e. The van der Waals surface area contributed by atoms with Crippen LogP contribution in [0.5, 0.6) is 0 Å². The molecular weight excluding hydrogens is 338 g/mol. The number of nitrogens with zero attached hydrogens (tertiary/aromatic N) is 2. The van der Waals surface area contributed by atoms with E-state index in [2.05, 4.69) is 10.3 Å². The molecule has 1 aliphatic rings. The molecule has 5 nitrogen and oxygen atoms in total. The Morgan fingerprint density at radius 3 is 2.80 bits per heavy atom. The first-order chi connectivity index (χ1) is 12.2. The van der Waals surface area contributed by atoms with Crippen molar-refractivity contribution in [2.24, 2.45) is 0 Å². The van der Waals surface area contributed by atoms with Crippen LogP contribution in [-0.4, -0.2) is 48.1 Å². The highest BCUT2D eigenvalue weighted by molar-refractivity contribution is 6.30. The molecule has 1 aliphatic heterocycles. The predicted octanol–water partition coefficient (Wildman–Crippen LogP) is 2.29. The Balaban J connectivity index is 1.68. The van der Waals surface area contributed by atoms with Crippen LogP contribution in [0.1, 0.15) is 11.1 Å². The largest absolute Gasteiger partial charge is 0.366 e. The number of benzene rings is 1. The lowest BCUT2D eigenvalue weighted by atomic mass is 10.1. The SMILES string of the molecule is O=C(C1CNCCO1)N(CCc1ccc(Cl)cc1)Cc1cccnc1. The summed E-state index contributed by atoms with van der Waals surface area (Å²) in [7, 11) is 0. The number of ether oxygens (including phenoxy) is 1. The summed E-state index contributed by atoms with van der Waals surface area (Å²) in [5, 5.41) is 3.93. The van der Waals surface area contributed by atoms with E-state index in [1.807, 2.05) is 41.3 Å². The quantitative estimate of drug-likeness (QED) is 0.859. The number of aromatic nitrogens is 1. The number of halogens is 1. The van der Waals surface area contributed by atoms with Crippen molar-refractivity contribution >= 4 is 17.5 Å². The molecule has 0 saturated carbocycles. The molecule has 1 N–H and O–H groups in total. The average molecular weight is 360 g/mol. The van der Waals surface area contributed by atoms with E-state index in [1.54, 1.807) is 12.4 Å². The van der Waals surface area contributed by atoms with Crippen molar-refractivity contribution in [3.05, 3.63) is 64.9 Å². The fourth-order valence-electron chi connectivity index (χ4n) is 2.82. The lowest BCUT2D eigenvalue weighted by molar-refractivity contribution is -0.145. The molecule has 132 valence electrons. The Kier molecular flexibility index (Phi) is 6.39. The molecule has 1 saturated heterocycles. The van der Waals surface area contributed by atoms with Crippen LogP contribution < -0.4 is 5.32 Å². The number of carbonyl (C=O) groups excluding carboxylic acids is 1. The maximum absolute atomic E-state index is 12.9. The third-order valence-electron chi connectivity index (χ3n) is 4.19. The van der Waals surface area contributed by atoms with E-state index >= 15 is 0 Å². The summed E-state index contributed by atoms with van der Waals surface area (Å²) in [4.78, 5) is 18.9. The number of rotatable bonds is 6. The van der Waals surface area contributed by atoms with E-state index < -0.39 is 6.10 Å². The van der Waals surface area contributed by atoms with Crippen molar-refractivity contribution < 1.29 is 9.53 Å². The third-order valence-corrected chi connectivity index (χ3v) is 4.45. The average Bonchev–Trinajstić information content (AvgIpc) is 2.67. The molecule has 2 heterocycles. The number of hydrogen-bond acceptors (Lipinski definition) is 4. The van der Waals surface area contributed by atoms with E-state index in [0.29, 0.717) is 31.3 Å². The van der Waals surface area contributed by atoms with E-state index in [-0.39, 0.29) is 5.91 Å². The van der Waals surface area contributed by atoms with Crippen molar-refractivity contribution in [3.63, 3.8) is 0 Å². The summed E-state index contributed by atoms with van der Waals surface area (Å²) in [5.74, 6) is 0.0185.